The monoisotopic (exact) mass is 402 g/mol. The topological polar surface area (TPSA) is 61.2 Å². The first kappa shape index (κ1) is 19.0. The molecule has 1 heterocycles. The highest BCUT2D eigenvalue weighted by molar-refractivity contribution is 7.99. The number of nitrogens with zero attached hydrogens (tertiary/aromatic N) is 2. The van der Waals surface area contributed by atoms with Crippen molar-refractivity contribution in [2.45, 2.75) is 11.8 Å². The minimum atomic E-state index is -0.357. The van der Waals surface area contributed by atoms with Crippen LogP contribution in [0.4, 0.5) is 0 Å². The summed E-state index contributed by atoms with van der Waals surface area (Å²) in [7, 11) is 0. The van der Waals surface area contributed by atoms with Gasteiger partial charge in [-0.1, -0.05) is 72.4 Å². The number of ether oxygens (including phenoxy) is 1. The minimum Gasteiger partial charge on any atom is -0.460 e. The van der Waals surface area contributed by atoms with Crippen molar-refractivity contribution in [3.8, 4) is 0 Å². The molecule has 6 heteroatoms. The first-order chi connectivity index (χ1) is 14.2. The van der Waals surface area contributed by atoms with Gasteiger partial charge in [-0.2, -0.15) is 0 Å². The van der Waals surface area contributed by atoms with Gasteiger partial charge in [0.15, 0.2) is 5.16 Å². The van der Waals surface area contributed by atoms with Crippen molar-refractivity contribution in [2.24, 2.45) is 0 Å². The molecule has 5 nitrogen and oxygen atoms in total. The molecule has 0 fully saturated rings. The SMILES string of the molecule is O=C(CSc1nc2ccccc2n1C(=O)c1ccccc1)OCc1ccccc1. The highest BCUT2D eigenvalue weighted by Crippen LogP contribution is 2.25. The van der Waals surface area contributed by atoms with Gasteiger partial charge < -0.3 is 4.74 Å². The van der Waals surface area contributed by atoms with Crippen LogP contribution in [0.1, 0.15) is 15.9 Å². The largest absolute Gasteiger partial charge is 0.460 e. The zero-order valence-electron chi connectivity index (χ0n) is 15.5. The van der Waals surface area contributed by atoms with Crippen LogP contribution < -0.4 is 0 Å². The lowest BCUT2D eigenvalue weighted by atomic mass is 10.2. The molecule has 0 unspecified atom stereocenters. The van der Waals surface area contributed by atoms with Gasteiger partial charge in [0.05, 0.1) is 16.8 Å². The molecule has 4 aromatic rings. The fraction of sp³-hybridized carbons (Fsp3) is 0.0870. The van der Waals surface area contributed by atoms with Crippen LogP contribution in [0.15, 0.2) is 90.1 Å². The lowest BCUT2D eigenvalue weighted by Gasteiger charge is -2.08. The quantitative estimate of drug-likeness (QED) is 0.349. The normalized spacial score (nSPS) is 10.8. The fourth-order valence-electron chi connectivity index (χ4n) is 2.91. The lowest BCUT2D eigenvalue weighted by molar-refractivity contribution is -0.141. The van der Waals surface area contributed by atoms with Crippen molar-refractivity contribution in [1.82, 2.24) is 9.55 Å². The molecular formula is C23H18N2O3S. The molecule has 0 amide bonds. The van der Waals surface area contributed by atoms with E-state index in [4.69, 9.17) is 4.74 Å². The van der Waals surface area contributed by atoms with E-state index in [1.165, 1.54) is 11.8 Å². The Kier molecular flexibility index (Phi) is 5.72. The number of aromatic nitrogens is 2. The highest BCUT2D eigenvalue weighted by Gasteiger charge is 2.19. The summed E-state index contributed by atoms with van der Waals surface area (Å²) in [6.07, 6.45) is 0. The Morgan fingerprint density at radius 3 is 2.28 bits per heavy atom. The number of para-hydroxylation sites is 2. The fourth-order valence-corrected chi connectivity index (χ4v) is 3.71. The summed E-state index contributed by atoms with van der Waals surface area (Å²) < 4.78 is 6.88. The number of carbonyl (C=O) groups excluding carboxylic acids is 2. The predicted molar refractivity (Wildman–Crippen MR) is 113 cm³/mol. The summed E-state index contributed by atoms with van der Waals surface area (Å²) in [5, 5.41) is 0.469. The van der Waals surface area contributed by atoms with Gasteiger partial charge in [0, 0.05) is 5.56 Å². The van der Waals surface area contributed by atoms with E-state index < -0.39 is 0 Å². The summed E-state index contributed by atoms with van der Waals surface area (Å²) >= 11 is 1.20. The van der Waals surface area contributed by atoms with Crippen LogP contribution in [-0.2, 0) is 16.1 Å². The van der Waals surface area contributed by atoms with Gasteiger partial charge in [-0.15, -0.1) is 0 Å². The van der Waals surface area contributed by atoms with Crippen LogP contribution in [0.3, 0.4) is 0 Å². The predicted octanol–water partition coefficient (Wildman–Crippen LogP) is 4.56. The second-order valence-electron chi connectivity index (χ2n) is 6.32. The summed E-state index contributed by atoms with van der Waals surface area (Å²) in [6, 6.07) is 26.0. The Morgan fingerprint density at radius 2 is 1.52 bits per heavy atom. The van der Waals surface area contributed by atoms with E-state index in [1.807, 2.05) is 72.8 Å². The van der Waals surface area contributed by atoms with E-state index in [1.54, 1.807) is 16.7 Å². The second-order valence-corrected chi connectivity index (χ2v) is 7.27. The van der Waals surface area contributed by atoms with Crippen LogP contribution >= 0.6 is 11.8 Å². The van der Waals surface area contributed by atoms with Crippen molar-refractivity contribution < 1.29 is 14.3 Å². The van der Waals surface area contributed by atoms with Gasteiger partial charge in [0.25, 0.3) is 5.91 Å². The van der Waals surface area contributed by atoms with E-state index in [0.29, 0.717) is 21.8 Å². The van der Waals surface area contributed by atoms with Gasteiger partial charge in [-0.05, 0) is 29.8 Å². The number of rotatable bonds is 6. The Labute approximate surface area is 172 Å². The standard InChI is InChI=1S/C23H18N2O3S/c26-21(28-15-17-9-3-1-4-10-17)16-29-23-24-19-13-7-8-14-20(19)25(23)22(27)18-11-5-2-6-12-18/h1-14H,15-16H2. The lowest BCUT2D eigenvalue weighted by Crippen LogP contribution is -2.14. The minimum absolute atomic E-state index is 0.0677. The molecule has 0 aliphatic heterocycles. The number of imidazole rings is 1. The van der Waals surface area contributed by atoms with Gasteiger partial charge >= 0.3 is 5.97 Å². The van der Waals surface area contributed by atoms with Crippen LogP contribution in [0, 0.1) is 0 Å². The molecule has 0 atom stereocenters. The number of fused-ring (bicyclic) bond motifs is 1. The maximum atomic E-state index is 13.1. The molecule has 0 saturated carbocycles. The maximum absolute atomic E-state index is 13.1. The molecule has 0 aliphatic carbocycles. The molecule has 0 N–H and O–H groups in total. The van der Waals surface area contributed by atoms with Gasteiger partial charge in [-0.3, -0.25) is 14.2 Å². The van der Waals surface area contributed by atoms with E-state index in [2.05, 4.69) is 4.98 Å². The van der Waals surface area contributed by atoms with Crippen LogP contribution in [0.5, 0.6) is 0 Å². The highest BCUT2D eigenvalue weighted by atomic mass is 32.2. The zero-order chi connectivity index (χ0) is 20.1. The first-order valence-corrected chi connectivity index (χ1v) is 10.1. The molecule has 144 valence electrons. The molecule has 1 aromatic heterocycles. The third kappa shape index (κ3) is 4.38. The van der Waals surface area contributed by atoms with E-state index in [0.717, 1.165) is 5.56 Å². The van der Waals surface area contributed by atoms with Crippen LogP contribution in [-0.4, -0.2) is 27.2 Å². The van der Waals surface area contributed by atoms with Crippen molar-refractivity contribution >= 4 is 34.7 Å². The Morgan fingerprint density at radius 1 is 0.862 bits per heavy atom. The Hall–Kier alpha value is -3.38. The Bertz CT molecular complexity index is 1140. The number of carbonyl (C=O) groups is 2. The van der Waals surface area contributed by atoms with Crippen molar-refractivity contribution in [3.63, 3.8) is 0 Å². The van der Waals surface area contributed by atoms with Gasteiger partial charge in [0.2, 0.25) is 0 Å². The summed E-state index contributed by atoms with van der Waals surface area (Å²) in [6.45, 7) is 0.222. The van der Waals surface area contributed by atoms with Crippen LogP contribution in [0.2, 0.25) is 0 Å². The molecule has 0 spiro atoms. The van der Waals surface area contributed by atoms with Crippen molar-refractivity contribution in [1.29, 1.82) is 0 Å². The molecule has 3 aromatic carbocycles. The summed E-state index contributed by atoms with van der Waals surface area (Å²) in [4.78, 5) is 29.8. The van der Waals surface area contributed by atoms with E-state index >= 15 is 0 Å². The molecule has 0 bridgehead atoms. The number of esters is 1. The van der Waals surface area contributed by atoms with E-state index in [9.17, 15) is 9.59 Å². The number of thioether (sulfide) groups is 1. The van der Waals surface area contributed by atoms with Gasteiger partial charge in [-0.25, -0.2) is 4.98 Å². The Balaban J connectivity index is 1.52. The van der Waals surface area contributed by atoms with Crippen molar-refractivity contribution in [3.05, 3.63) is 96.1 Å². The zero-order valence-corrected chi connectivity index (χ0v) is 16.3. The van der Waals surface area contributed by atoms with E-state index in [-0.39, 0.29) is 24.2 Å². The molecule has 0 saturated heterocycles. The summed E-state index contributed by atoms with van der Waals surface area (Å²) in [5.74, 6) is -0.470. The number of benzene rings is 3. The van der Waals surface area contributed by atoms with Crippen LogP contribution in [0.25, 0.3) is 11.0 Å². The number of hydrogen-bond donors (Lipinski definition) is 0. The number of hydrogen-bond acceptors (Lipinski definition) is 5. The molecule has 29 heavy (non-hydrogen) atoms. The smallest absolute Gasteiger partial charge is 0.316 e. The third-order valence-corrected chi connectivity index (χ3v) is 5.23. The average molecular weight is 402 g/mol. The molecular weight excluding hydrogens is 384 g/mol. The third-order valence-electron chi connectivity index (χ3n) is 4.32. The molecule has 0 radical (unpaired) electrons. The van der Waals surface area contributed by atoms with Crippen molar-refractivity contribution in [2.75, 3.05) is 5.75 Å². The summed E-state index contributed by atoms with van der Waals surface area (Å²) in [5.41, 5.74) is 2.90. The second kappa shape index (κ2) is 8.75. The molecule has 0 aliphatic rings. The maximum Gasteiger partial charge on any atom is 0.316 e. The first-order valence-electron chi connectivity index (χ1n) is 9.12. The average Bonchev–Trinajstić information content (AvgIpc) is 3.15. The molecule has 4 rings (SSSR count). The van der Waals surface area contributed by atoms with Gasteiger partial charge in [0.1, 0.15) is 6.61 Å².